The quantitative estimate of drug-likeness (QED) is 0.777. The number of likely N-dealkylation sites (N-methyl/N-ethyl adjacent to an activating group) is 1. The van der Waals surface area contributed by atoms with Crippen LogP contribution in [0.1, 0.15) is 21.5 Å². The Hall–Kier alpha value is -2.85. The molecule has 0 fully saturated rings. The number of rotatable bonds is 3. The molecule has 132 valence electrons. The molecule has 0 aliphatic carbocycles. The Morgan fingerprint density at radius 2 is 1.85 bits per heavy atom. The fourth-order valence-electron chi connectivity index (χ4n) is 3.62. The maximum absolute atomic E-state index is 13.0. The van der Waals surface area contributed by atoms with Crippen LogP contribution in [-0.4, -0.2) is 31.5 Å². The van der Waals surface area contributed by atoms with E-state index in [0.29, 0.717) is 11.3 Å². The predicted octanol–water partition coefficient (Wildman–Crippen LogP) is 4.09. The third kappa shape index (κ3) is 3.04. The molecule has 0 aromatic heterocycles. The number of nitrogens with one attached hydrogen (secondary N) is 1. The van der Waals surface area contributed by atoms with Crippen LogP contribution in [0.2, 0.25) is 0 Å². The van der Waals surface area contributed by atoms with Gasteiger partial charge in [-0.25, -0.2) is 0 Å². The summed E-state index contributed by atoms with van der Waals surface area (Å²) in [7, 11) is 3.72. The Balaban J connectivity index is 1.69. The predicted molar refractivity (Wildman–Crippen MR) is 105 cm³/mol. The van der Waals surface area contributed by atoms with Crippen LogP contribution < -0.4 is 10.1 Å². The first-order valence-corrected chi connectivity index (χ1v) is 8.83. The molecule has 1 aliphatic heterocycles. The van der Waals surface area contributed by atoms with E-state index >= 15 is 0 Å². The van der Waals surface area contributed by atoms with Gasteiger partial charge in [-0.15, -0.1) is 0 Å². The Kier molecular flexibility index (Phi) is 4.35. The monoisotopic (exact) mass is 346 g/mol. The molecule has 3 aromatic rings. The van der Waals surface area contributed by atoms with Crippen molar-refractivity contribution in [2.75, 3.05) is 26.0 Å². The van der Waals surface area contributed by atoms with Crippen LogP contribution in [0.15, 0.2) is 54.6 Å². The van der Waals surface area contributed by atoms with Crippen LogP contribution in [0.4, 0.5) is 5.69 Å². The summed E-state index contributed by atoms with van der Waals surface area (Å²) in [5, 5.41) is 5.18. The van der Waals surface area contributed by atoms with E-state index in [2.05, 4.69) is 23.3 Å². The van der Waals surface area contributed by atoms with Crippen LogP contribution in [0.5, 0.6) is 5.75 Å². The van der Waals surface area contributed by atoms with E-state index in [-0.39, 0.29) is 5.91 Å². The van der Waals surface area contributed by atoms with Gasteiger partial charge >= 0.3 is 0 Å². The van der Waals surface area contributed by atoms with E-state index in [1.165, 1.54) is 11.1 Å². The van der Waals surface area contributed by atoms with Gasteiger partial charge in [0.1, 0.15) is 5.75 Å². The van der Waals surface area contributed by atoms with Crippen molar-refractivity contribution in [2.24, 2.45) is 0 Å². The fourth-order valence-corrected chi connectivity index (χ4v) is 3.62. The highest BCUT2D eigenvalue weighted by molar-refractivity contribution is 6.09. The molecule has 1 amide bonds. The minimum Gasteiger partial charge on any atom is -0.496 e. The van der Waals surface area contributed by atoms with E-state index in [9.17, 15) is 4.79 Å². The number of benzene rings is 3. The second-order valence-electron chi connectivity index (χ2n) is 6.78. The Morgan fingerprint density at radius 3 is 2.62 bits per heavy atom. The first kappa shape index (κ1) is 16.6. The first-order valence-electron chi connectivity index (χ1n) is 8.83. The highest BCUT2D eigenvalue weighted by Gasteiger charge is 2.19. The lowest BCUT2D eigenvalue weighted by Gasteiger charge is -2.26. The molecule has 0 saturated heterocycles. The van der Waals surface area contributed by atoms with E-state index < -0.39 is 0 Å². The second-order valence-corrected chi connectivity index (χ2v) is 6.78. The molecule has 4 rings (SSSR count). The molecule has 1 heterocycles. The highest BCUT2D eigenvalue weighted by atomic mass is 16.5. The van der Waals surface area contributed by atoms with Crippen LogP contribution in [0.3, 0.4) is 0 Å². The van der Waals surface area contributed by atoms with E-state index in [1.54, 1.807) is 7.11 Å². The van der Waals surface area contributed by atoms with E-state index in [1.807, 2.05) is 48.5 Å². The summed E-state index contributed by atoms with van der Waals surface area (Å²) in [5.74, 6) is 0.450. The maximum atomic E-state index is 13.0. The molecule has 1 N–H and O–H groups in total. The van der Waals surface area contributed by atoms with Crippen molar-refractivity contribution in [3.8, 4) is 5.75 Å². The fraction of sp³-hybridized carbons (Fsp3) is 0.227. The molecule has 1 aliphatic rings. The highest BCUT2D eigenvalue weighted by Crippen LogP contribution is 2.29. The number of ether oxygens (including phenoxy) is 1. The van der Waals surface area contributed by atoms with Crippen molar-refractivity contribution in [3.63, 3.8) is 0 Å². The third-order valence-corrected chi connectivity index (χ3v) is 5.02. The molecule has 26 heavy (non-hydrogen) atoms. The number of methoxy groups -OCH3 is 1. The number of amides is 1. The lowest BCUT2D eigenvalue weighted by molar-refractivity contribution is 0.102. The van der Waals surface area contributed by atoms with Crippen molar-refractivity contribution in [1.82, 2.24) is 4.90 Å². The third-order valence-electron chi connectivity index (χ3n) is 5.02. The summed E-state index contributed by atoms with van der Waals surface area (Å²) in [6.07, 6.45) is 0.942. The molecular weight excluding hydrogens is 324 g/mol. The summed E-state index contributed by atoms with van der Waals surface area (Å²) in [4.78, 5) is 15.3. The largest absolute Gasteiger partial charge is 0.496 e. The molecule has 0 saturated carbocycles. The summed E-state index contributed by atoms with van der Waals surface area (Å²) in [6, 6.07) is 17.9. The zero-order valence-electron chi connectivity index (χ0n) is 15.1. The summed E-state index contributed by atoms with van der Waals surface area (Å²) < 4.78 is 5.47. The zero-order valence-corrected chi connectivity index (χ0v) is 15.1. The Morgan fingerprint density at radius 1 is 1.08 bits per heavy atom. The van der Waals surface area contributed by atoms with Gasteiger partial charge in [0.05, 0.1) is 12.7 Å². The van der Waals surface area contributed by atoms with Gasteiger partial charge in [0, 0.05) is 18.8 Å². The minimum absolute atomic E-state index is 0.139. The zero-order chi connectivity index (χ0) is 18.1. The lowest BCUT2D eigenvalue weighted by atomic mass is 9.97. The minimum atomic E-state index is -0.139. The SMILES string of the molecule is COc1cc2ccccc2cc1C(=O)Nc1cccc2c1CCN(C)C2. The van der Waals surface area contributed by atoms with Crippen molar-refractivity contribution >= 4 is 22.4 Å². The lowest BCUT2D eigenvalue weighted by Crippen LogP contribution is -2.27. The van der Waals surface area contributed by atoms with Gasteiger partial charge in [-0.05, 0) is 53.6 Å². The van der Waals surface area contributed by atoms with Crippen molar-refractivity contribution in [2.45, 2.75) is 13.0 Å². The van der Waals surface area contributed by atoms with Crippen molar-refractivity contribution < 1.29 is 9.53 Å². The number of carbonyl (C=O) groups is 1. The summed E-state index contributed by atoms with van der Waals surface area (Å²) in [5.41, 5.74) is 3.97. The number of carbonyl (C=O) groups excluding carboxylic acids is 1. The van der Waals surface area contributed by atoms with Gasteiger partial charge in [-0.3, -0.25) is 4.79 Å². The molecule has 0 atom stereocenters. The standard InChI is InChI=1S/C22H22N2O2/c1-24-11-10-18-17(14-24)8-5-9-20(18)23-22(25)19-12-15-6-3-4-7-16(15)13-21(19)26-2/h3-9,12-13H,10-11,14H2,1-2H3,(H,23,25). The van der Waals surface area contributed by atoms with Gasteiger partial charge in [0.25, 0.3) is 5.91 Å². The van der Waals surface area contributed by atoms with Crippen LogP contribution in [0, 0.1) is 0 Å². The van der Waals surface area contributed by atoms with E-state index in [4.69, 9.17) is 4.74 Å². The van der Waals surface area contributed by atoms with Crippen molar-refractivity contribution in [3.05, 3.63) is 71.3 Å². The topological polar surface area (TPSA) is 41.6 Å². The molecule has 0 radical (unpaired) electrons. The number of nitrogens with zero attached hydrogens (tertiary/aromatic N) is 1. The Bertz CT molecular complexity index is 981. The van der Waals surface area contributed by atoms with E-state index in [0.717, 1.165) is 36.0 Å². The van der Waals surface area contributed by atoms with Crippen LogP contribution >= 0.6 is 0 Å². The van der Waals surface area contributed by atoms with Gasteiger partial charge in [-0.2, -0.15) is 0 Å². The molecule has 3 aromatic carbocycles. The first-order chi connectivity index (χ1) is 12.7. The number of hydrogen-bond donors (Lipinski definition) is 1. The molecule has 0 spiro atoms. The van der Waals surface area contributed by atoms with Gasteiger partial charge in [-0.1, -0.05) is 36.4 Å². The summed E-state index contributed by atoms with van der Waals surface area (Å²) in [6.45, 7) is 1.91. The average Bonchev–Trinajstić information content (AvgIpc) is 2.66. The smallest absolute Gasteiger partial charge is 0.259 e. The second kappa shape index (κ2) is 6.81. The number of anilines is 1. The van der Waals surface area contributed by atoms with Crippen LogP contribution in [-0.2, 0) is 13.0 Å². The molecule has 4 nitrogen and oxygen atoms in total. The normalized spacial score (nSPS) is 14.1. The molecular formula is C22H22N2O2. The van der Waals surface area contributed by atoms with Gasteiger partial charge in [0.15, 0.2) is 0 Å². The molecule has 0 bridgehead atoms. The van der Waals surface area contributed by atoms with Gasteiger partial charge in [0.2, 0.25) is 0 Å². The summed E-state index contributed by atoms with van der Waals surface area (Å²) >= 11 is 0. The Labute approximate surface area is 153 Å². The molecule has 4 heteroatoms. The maximum Gasteiger partial charge on any atom is 0.259 e. The molecule has 0 unspecified atom stereocenters. The number of fused-ring (bicyclic) bond motifs is 2. The number of hydrogen-bond acceptors (Lipinski definition) is 3. The van der Waals surface area contributed by atoms with Crippen LogP contribution in [0.25, 0.3) is 10.8 Å². The average molecular weight is 346 g/mol. The van der Waals surface area contributed by atoms with Crippen molar-refractivity contribution in [1.29, 1.82) is 0 Å². The van der Waals surface area contributed by atoms with Gasteiger partial charge < -0.3 is 15.0 Å².